The van der Waals surface area contributed by atoms with Gasteiger partial charge in [0, 0.05) is 18.8 Å². The van der Waals surface area contributed by atoms with Crippen molar-refractivity contribution in [2.24, 2.45) is 4.99 Å². The molecule has 0 saturated carbocycles. The Morgan fingerprint density at radius 2 is 2.24 bits per heavy atom. The zero-order valence-electron chi connectivity index (χ0n) is 9.84. The average molecular weight is 243 g/mol. The van der Waals surface area contributed by atoms with Crippen molar-refractivity contribution in [3.05, 3.63) is 47.5 Å². The first kappa shape index (κ1) is 10.6. The first-order valence-electron chi connectivity index (χ1n) is 5.53. The molecule has 2 heterocycles. The molecular formula is C13H13N3S. The van der Waals surface area contributed by atoms with Crippen LogP contribution in [-0.4, -0.2) is 21.0 Å². The minimum atomic E-state index is 0.843. The Morgan fingerprint density at radius 3 is 3.06 bits per heavy atom. The van der Waals surface area contributed by atoms with Gasteiger partial charge in [-0.15, -0.1) is 0 Å². The van der Waals surface area contributed by atoms with Crippen LogP contribution in [-0.2, 0) is 6.42 Å². The molecule has 86 valence electrons. The van der Waals surface area contributed by atoms with Gasteiger partial charge in [0.1, 0.15) is 5.82 Å². The van der Waals surface area contributed by atoms with Crippen LogP contribution in [0, 0.1) is 6.92 Å². The standard InChI is InChI=1S/C13H13N3S/c1-9-3-4-10-8-12-14-5-6-16(12)13(17-2)15-11(10)7-9/h3-7H,8H2,1-2H3. The molecule has 0 aliphatic carbocycles. The summed E-state index contributed by atoms with van der Waals surface area (Å²) in [5, 5.41) is 0.988. The predicted octanol–water partition coefficient (Wildman–Crippen LogP) is 2.99. The van der Waals surface area contributed by atoms with E-state index in [-0.39, 0.29) is 0 Å². The molecule has 3 nitrogen and oxygen atoms in total. The molecule has 0 spiro atoms. The van der Waals surface area contributed by atoms with E-state index in [0.717, 1.165) is 23.1 Å². The van der Waals surface area contributed by atoms with Crippen molar-refractivity contribution in [2.75, 3.05) is 6.26 Å². The number of thioether (sulfide) groups is 1. The van der Waals surface area contributed by atoms with Crippen LogP contribution in [0.5, 0.6) is 0 Å². The molecule has 1 aromatic heterocycles. The third-order valence-corrected chi connectivity index (χ3v) is 3.56. The molecule has 0 bridgehead atoms. The van der Waals surface area contributed by atoms with E-state index in [1.165, 1.54) is 11.1 Å². The monoisotopic (exact) mass is 243 g/mol. The van der Waals surface area contributed by atoms with Crippen LogP contribution in [0.2, 0.25) is 0 Å². The Labute approximate surface area is 105 Å². The number of benzene rings is 1. The minimum absolute atomic E-state index is 0.843. The van der Waals surface area contributed by atoms with E-state index in [1.54, 1.807) is 11.8 Å². The number of nitrogens with zero attached hydrogens (tertiary/aromatic N) is 3. The van der Waals surface area contributed by atoms with Gasteiger partial charge in [0.25, 0.3) is 0 Å². The molecule has 0 fully saturated rings. The molecule has 1 aliphatic rings. The van der Waals surface area contributed by atoms with Crippen molar-refractivity contribution in [1.82, 2.24) is 9.55 Å². The Balaban J connectivity index is 2.22. The van der Waals surface area contributed by atoms with Crippen molar-refractivity contribution in [1.29, 1.82) is 0 Å². The minimum Gasteiger partial charge on any atom is -0.282 e. The topological polar surface area (TPSA) is 30.2 Å². The second-order valence-electron chi connectivity index (χ2n) is 4.12. The van der Waals surface area contributed by atoms with Crippen LogP contribution in [0.1, 0.15) is 17.0 Å². The second kappa shape index (κ2) is 4.04. The molecule has 1 aliphatic heterocycles. The summed E-state index contributed by atoms with van der Waals surface area (Å²) >= 11 is 1.65. The van der Waals surface area contributed by atoms with E-state index in [9.17, 15) is 0 Å². The first-order valence-corrected chi connectivity index (χ1v) is 6.75. The molecule has 0 atom stereocenters. The van der Waals surface area contributed by atoms with Gasteiger partial charge in [0.05, 0.1) is 5.69 Å². The lowest BCUT2D eigenvalue weighted by molar-refractivity contribution is 0.973. The van der Waals surface area contributed by atoms with Crippen LogP contribution < -0.4 is 0 Å². The highest BCUT2D eigenvalue weighted by molar-refractivity contribution is 8.13. The molecule has 4 heteroatoms. The Kier molecular flexibility index (Phi) is 2.52. The quantitative estimate of drug-likeness (QED) is 0.712. The lowest BCUT2D eigenvalue weighted by Gasteiger charge is -2.03. The second-order valence-corrected chi connectivity index (χ2v) is 4.89. The Bertz CT molecular complexity index is 598. The van der Waals surface area contributed by atoms with Gasteiger partial charge in [-0.25, -0.2) is 9.98 Å². The van der Waals surface area contributed by atoms with E-state index in [4.69, 9.17) is 4.99 Å². The maximum Gasteiger partial charge on any atom is 0.173 e. The van der Waals surface area contributed by atoms with Gasteiger partial charge >= 0.3 is 0 Å². The highest BCUT2D eigenvalue weighted by Crippen LogP contribution is 2.28. The summed E-state index contributed by atoms with van der Waals surface area (Å²) in [6.45, 7) is 2.10. The maximum atomic E-state index is 4.73. The van der Waals surface area contributed by atoms with E-state index in [1.807, 2.05) is 18.6 Å². The summed E-state index contributed by atoms with van der Waals surface area (Å²) in [5.41, 5.74) is 3.56. The average Bonchev–Trinajstić information content (AvgIpc) is 2.72. The Hall–Kier alpha value is -1.55. The number of hydrogen-bond donors (Lipinski definition) is 0. The van der Waals surface area contributed by atoms with Crippen LogP contribution in [0.3, 0.4) is 0 Å². The first-order chi connectivity index (χ1) is 8.28. The van der Waals surface area contributed by atoms with Gasteiger partial charge in [0.2, 0.25) is 0 Å². The van der Waals surface area contributed by atoms with Crippen LogP contribution >= 0.6 is 11.8 Å². The number of aromatic nitrogens is 2. The summed E-state index contributed by atoms with van der Waals surface area (Å²) in [4.78, 5) is 9.14. The highest BCUT2D eigenvalue weighted by Gasteiger charge is 2.15. The molecule has 0 radical (unpaired) electrons. The molecule has 0 N–H and O–H groups in total. The fourth-order valence-electron chi connectivity index (χ4n) is 2.04. The summed E-state index contributed by atoms with van der Waals surface area (Å²) in [6.07, 6.45) is 6.70. The summed E-state index contributed by atoms with van der Waals surface area (Å²) in [7, 11) is 0. The van der Waals surface area contributed by atoms with Crippen molar-refractivity contribution in [3.8, 4) is 0 Å². The number of fused-ring (bicyclic) bond motifs is 2. The van der Waals surface area contributed by atoms with Gasteiger partial charge in [0.15, 0.2) is 5.17 Å². The van der Waals surface area contributed by atoms with Crippen molar-refractivity contribution in [3.63, 3.8) is 0 Å². The van der Waals surface area contributed by atoms with E-state index < -0.39 is 0 Å². The van der Waals surface area contributed by atoms with E-state index in [2.05, 4.69) is 34.7 Å². The molecule has 0 amide bonds. The smallest absolute Gasteiger partial charge is 0.173 e. The van der Waals surface area contributed by atoms with Crippen LogP contribution in [0.25, 0.3) is 0 Å². The number of aliphatic imine (C=N–C) groups is 1. The largest absolute Gasteiger partial charge is 0.282 e. The fraction of sp³-hybridized carbons (Fsp3) is 0.231. The molecule has 0 unspecified atom stereocenters. The van der Waals surface area contributed by atoms with Gasteiger partial charge in [-0.05, 0) is 30.4 Å². The molecule has 17 heavy (non-hydrogen) atoms. The van der Waals surface area contributed by atoms with Gasteiger partial charge < -0.3 is 0 Å². The van der Waals surface area contributed by atoms with E-state index >= 15 is 0 Å². The number of imidazole rings is 1. The van der Waals surface area contributed by atoms with Crippen LogP contribution in [0.15, 0.2) is 35.6 Å². The number of aryl methyl sites for hydroxylation is 1. The Morgan fingerprint density at radius 1 is 1.35 bits per heavy atom. The molecule has 3 rings (SSSR count). The lowest BCUT2D eigenvalue weighted by atomic mass is 10.1. The van der Waals surface area contributed by atoms with Gasteiger partial charge in [-0.3, -0.25) is 4.57 Å². The zero-order valence-corrected chi connectivity index (χ0v) is 10.7. The molecule has 2 aromatic rings. The van der Waals surface area contributed by atoms with Gasteiger partial charge in [-0.1, -0.05) is 23.9 Å². The zero-order chi connectivity index (χ0) is 11.8. The number of rotatable bonds is 0. The maximum absolute atomic E-state index is 4.73. The highest BCUT2D eigenvalue weighted by atomic mass is 32.2. The SMILES string of the molecule is CSC1=Nc2cc(C)ccc2Cc2nccn21. The summed E-state index contributed by atoms with van der Waals surface area (Å²) in [5.74, 6) is 1.06. The molecule has 0 saturated heterocycles. The van der Waals surface area contributed by atoms with Crippen molar-refractivity contribution < 1.29 is 0 Å². The fourth-order valence-corrected chi connectivity index (χ4v) is 2.59. The van der Waals surface area contributed by atoms with E-state index in [0.29, 0.717) is 0 Å². The van der Waals surface area contributed by atoms with Gasteiger partial charge in [-0.2, -0.15) is 0 Å². The normalized spacial score (nSPS) is 13.6. The number of hydrogen-bond acceptors (Lipinski definition) is 3. The van der Waals surface area contributed by atoms with Crippen LogP contribution in [0.4, 0.5) is 5.69 Å². The summed E-state index contributed by atoms with van der Waals surface area (Å²) in [6, 6.07) is 6.42. The molecule has 1 aromatic carbocycles. The molecular weight excluding hydrogens is 230 g/mol. The third kappa shape index (κ3) is 1.78. The van der Waals surface area contributed by atoms with Crippen molar-refractivity contribution in [2.45, 2.75) is 13.3 Å². The summed E-state index contributed by atoms with van der Waals surface area (Å²) < 4.78 is 2.07. The predicted molar refractivity (Wildman–Crippen MR) is 72.2 cm³/mol. The van der Waals surface area contributed by atoms with Crippen molar-refractivity contribution >= 4 is 22.6 Å². The third-order valence-electron chi connectivity index (χ3n) is 2.91. The lowest BCUT2D eigenvalue weighted by Crippen LogP contribution is -2.08.